The highest BCUT2D eigenvalue weighted by atomic mass is 16.5. The van der Waals surface area contributed by atoms with E-state index in [2.05, 4.69) is 44.2 Å². The number of allylic oxidation sites excluding steroid dienone is 2. The second-order valence-electron chi connectivity index (χ2n) is 11.2. The van der Waals surface area contributed by atoms with Gasteiger partial charge in [0.2, 0.25) is 0 Å². The third kappa shape index (κ3) is 3.34. The average Bonchev–Trinajstić information content (AvgIpc) is 3.09. The Morgan fingerprint density at radius 1 is 0.968 bits per heavy atom. The molecule has 31 heavy (non-hydrogen) atoms. The van der Waals surface area contributed by atoms with Crippen molar-refractivity contribution in [2.75, 3.05) is 7.11 Å². The summed E-state index contributed by atoms with van der Waals surface area (Å²) in [5, 5.41) is 0. The van der Waals surface area contributed by atoms with Crippen molar-refractivity contribution in [2.45, 2.75) is 78.2 Å². The number of benzene rings is 1. The fourth-order valence-electron chi connectivity index (χ4n) is 8.27. The van der Waals surface area contributed by atoms with Gasteiger partial charge in [-0.1, -0.05) is 32.1 Å². The normalized spacial score (nSPS) is 41.4. The molecule has 4 aliphatic carbocycles. The van der Waals surface area contributed by atoms with Crippen molar-refractivity contribution >= 4 is 11.5 Å². The lowest BCUT2D eigenvalue weighted by atomic mass is 9.45. The van der Waals surface area contributed by atoms with Crippen molar-refractivity contribution in [3.05, 3.63) is 35.9 Å². The van der Waals surface area contributed by atoms with Crippen molar-refractivity contribution in [1.82, 2.24) is 0 Å². The van der Waals surface area contributed by atoms with Gasteiger partial charge in [0, 0.05) is 12.3 Å². The maximum atomic E-state index is 11.7. The van der Waals surface area contributed by atoms with E-state index in [1.807, 2.05) is 0 Å². The van der Waals surface area contributed by atoms with Crippen LogP contribution in [-0.4, -0.2) is 19.2 Å². The highest BCUT2D eigenvalue weighted by molar-refractivity contribution is 5.67. The number of carbonyl (C=O) groups is 1. The predicted octanol–water partition coefficient (Wildman–Crippen LogP) is 6.66. The number of methoxy groups -OCH3 is 1. The molecule has 5 rings (SSSR count). The molecule has 3 heteroatoms. The highest BCUT2D eigenvalue weighted by Crippen LogP contribution is 2.66. The number of ether oxygens (including phenoxy) is 2. The zero-order valence-electron chi connectivity index (χ0n) is 19.7. The van der Waals surface area contributed by atoms with Gasteiger partial charge in [-0.3, -0.25) is 4.79 Å². The van der Waals surface area contributed by atoms with Gasteiger partial charge >= 0.3 is 5.97 Å². The number of rotatable bonds is 3. The lowest BCUT2D eigenvalue weighted by Crippen LogP contribution is -2.53. The van der Waals surface area contributed by atoms with Crippen LogP contribution < -0.4 is 4.74 Å². The fourth-order valence-corrected chi connectivity index (χ4v) is 8.27. The summed E-state index contributed by atoms with van der Waals surface area (Å²) in [5.41, 5.74) is 3.50. The van der Waals surface area contributed by atoms with Crippen LogP contribution in [0.25, 0.3) is 5.57 Å². The molecule has 7 atom stereocenters. The van der Waals surface area contributed by atoms with Crippen LogP contribution in [0.3, 0.4) is 0 Å². The molecule has 0 aliphatic heterocycles. The van der Waals surface area contributed by atoms with Gasteiger partial charge in [0.25, 0.3) is 0 Å². The molecule has 4 aliphatic rings. The van der Waals surface area contributed by atoms with E-state index in [1.54, 1.807) is 14.0 Å². The van der Waals surface area contributed by atoms with Crippen molar-refractivity contribution in [2.24, 2.45) is 34.5 Å². The van der Waals surface area contributed by atoms with Crippen LogP contribution >= 0.6 is 0 Å². The molecule has 0 unspecified atom stereocenters. The van der Waals surface area contributed by atoms with Crippen LogP contribution in [0, 0.1) is 34.5 Å². The average molecular weight is 423 g/mol. The molecule has 3 saturated carbocycles. The Morgan fingerprint density at radius 3 is 2.42 bits per heavy atom. The molecular weight excluding hydrogens is 384 g/mol. The summed E-state index contributed by atoms with van der Waals surface area (Å²) in [6.07, 6.45) is 12.6. The van der Waals surface area contributed by atoms with E-state index in [4.69, 9.17) is 9.47 Å². The summed E-state index contributed by atoms with van der Waals surface area (Å²) in [4.78, 5) is 11.7. The van der Waals surface area contributed by atoms with E-state index in [0.29, 0.717) is 5.41 Å². The minimum Gasteiger partial charge on any atom is -0.497 e. The van der Waals surface area contributed by atoms with Crippen molar-refractivity contribution in [1.29, 1.82) is 0 Å². The smallest absolute Gasteiger partial charge is 0.302 e. The first kappa shape index (κ1) is 21.1. The van der Waals surface area contributed by atoms with Gasteiger partial charge in [-0.2, -0.15) is 0 Å². The van der Waals surface area contributed by atoms with Crippen LogP contribution in [0.2, 0.25) is 0 Å². The van der Waals surface area contributed by atoms with Crippen LogP contribution in [0.4, 0.5) is 0 Å². The Kier molecular flexibility index (Phi) is 5.22. The van der Waals surface area contributed by atoms with Gasteiger partial charge in [-0.25, -0.2) is 0 Å². The third-order valence-electron chi connectivity index (χ3n) is 10.0. The number of carbonyl (C=O) groups excluding carboxylic acids is 1. The standard InChI is InChI=1S/C28H38O3/c1-18(29)31-26-12-11-24-23-10-7-21-17-20(19-5-8-22(30-4)9-6-19)13-15-27(21,2)25(23)14-16-28(24,26)3/h5-6,8-9,13,21,23-26H,7,10-12,14-17H2,1-4H3/t21-,23+,24-,25+,26-,27-,28-/m0/s1. The summed E-state index contributed by atoms with van der Waals surface area (Å²) in [7, 11) is 1.73. The van der Waals surface area contributed by atoms with Crippen molar-refractivity contribution in [3.8, 4) is 5.75 Å². The van der Waals surface area contributed by atoms with Gasteiger partial charge < -0.3 is 9.47 Å². The lowest BCUT2D eigenvalue weighted by molar-refractivity contribution is -0.159. The van der Waals surface area contributed by atoms with Crippen LogP contribution in [0.15, 0.2) is 30.3 Å². The van der Waals surface area contributed by atoms with Gasteiger partial charge in [-0.05, 0) is 104 Å². The molecule has 1 aromatic carbocycles. The van der Waals surface area contributed by atoms with E-state index in [-0.39, 0.29) is 17.5 Å². The summed E-state index contributed by atoms with van der Waals surface area (Å²) in [6, 6.07) is 8.61. The summed E-state index contributed by atoms with van der Waals surface area (Å²) in [5.74, 6) is 3.95. The Morgan fingerprint density at radius 2 is 1.71 bits per heavy atom. The molecule has 0 heterocycles. The second kappa shape index (κ2) is 7.67. The molecule has 0 aromatic heterocycles. The quantitative estimate of drug-likeness (QED) is 0.511. The van der Waals surface area contributed by atoms with Gasteiger partial charge in [-0.15, -0.1) is 0 Å². The molecule has 0 amide bonds. The molecule has 168 valence electrons. The molecule has 3 nitrogen and oxygen atoms in total. The number of fused-ring (bicyclic) bond motifs is 5. The van der Waals surface area contributed by atoms with Crippen LogP contribution in [0.1, 0.15) is 77.7 Å². The lowest BCUT2D eigenvalue weighted by Gasteiger charge is -2.60. The predicted molar refractivity (Wildman–Crippen MR) is 124 cm³/mol. The van der Waals surface area contributed by atoms with E-state index >= 15 is 0 Å². The third-order valence-corrected chi connectivity index (χ3v) is 10.0. The first-order chi connectivity index (χ1) is 14.8. The molecule has 0 radical (unpaired) electrons. The van der Waals surface area contributed by atoms with E-state index in [1.165, 1.54) is 56.1 Å². The monoisotopic (exact) mass is 422 g/mol. The Balaban J connectivity index is 1.36. The van der Waals surface area contributed by atoms with Gasteiger partial charge in [0.05, 0.1) is 7.11 Å². The van der Waals surface area contributed by atoms with E-state index in [9.17, 15) is 4.79 Å². The minimum atomic E-state index is -0.104. The first-order valence-electron chi connectivity index (χ1n) is 12.4. The largest absolute Gasteiger partial charge is 0.497 e. The summed E-state index contributed by atoms with van der Waals surface area (Å²) >= 11 is 0. The topological polar surface area (TPSA) is 35.5 Å². The van der Waals surface area contributed by atoms with Gasteiger partial charge in [0.15, 0.2) is 0 Å². The SMILES string of the molecule is COc1ccc(C2=CC[C@@]3(C)[C@@H](CC[C@H]4[C@H]3CC[C@]3(C)[C@@H](OC(C)=O)CC[C@@H]43)C2)cc1. The van der Waals surface area contributed by atoms with Crippen LogP contribution in [0.5, 0.6) is 5.75 Å². The number of hydrogen-bond donors (Lipinski definition) is 0. The maximum absolute atomic E-state index is 11.7. The van der Waals surface area contributed by atoms with E-state index in [0.717, 1.165) is 35.8 Å². The molecule has 0 bridgehead atoms. The fraction of sp³-hybridized carbons (Fsp3) is 0.679. The first-order valence-corrected chi connectivity index (χ1v) is 12.4. The Bertz CT molecular complexity index is 871. The maximum Gasteiger partial charge on any atom is 0.302 e. The summed E-state index contributed by atoms with van der Waals surface area (Å²) < 4.78 is 11.2. The summed E-state index contributed by atoms with van der Waals surface area (Å²) in [6.45, 7) is 6.59. The Labute approximate surface area is 187 Å². The molecular formula is C28H38O3. The van der Waals surface area contributed by atoms with Crippen molar-refractivity contribution in [3.63, 3.8) is 0 Å². The minimum absolute atomic E-state index is 0.104. The molecule has 3 fully saturated rings. The molecule has 0 saturated heterocycles. The van der Waals surface area contributed by atoms with E-state index < -0.39 is 0 Å². The van der Waals surface area contributed by atoms with Gasteiger partial charge in [0.1, 0.15) is 11.9 Å². The number of esters is 1. The zero-order valence-corrected chi connectivity index (χ0v) is 19.7. The molecule has 1 aromatic rings. The van der Waals surface area contributed by atoms with Crippen LogP contribution in [-0.2, 0) is 9.53 Å². The number of hydrogen-bond acceptors (Lipinski definition) is 3. The molecule has 0 spiro atoms. The molecule has 0 N–H and O–H groups in total. The van der Waals surface area contributed by atoms with Crippen molar-refractivity contribution < 1.29 is 14.3 Å². The Hall–Kier alpha value is -1.77. The second-order valence-corrected chi connectivity index (χ2v) is 11.2. The highest BCUT2D eigenvalue weighted by Gasteiger charge is 2.60. The zero-order chi connectivity index (χ0) is 21.8.